The highest BCUT2D eigenvalue weighted by molar-refractivity contribution is 6.36. The second kappa shape index (κ2) is 4.69. The van der Waals surface area contributed by atoms with Gasteiger partial charge in [-0.3, -0.25) is 0 Å². The average Bonchev–Trinajstić information content (AvgIpc) is 2.80. The molecule has 2 radical (unpaired) electrons. The molecule has 9 heteroatoms. The standard InChI is InChI=1S/C11H11BN8/c12-7-5-18-20-9(1-8(13)19-10(7)20)15-2-6-3-16-11(14)17-4-6/h1,3-5,15H,2H2,(H2,13,19)(H2,14,16,17). The number of rotatable bonds is 3. The van der Waals surface area contributed by atoms with Crippen LogP contribution in [0.5, 0.6) is 0 Å². The van der Waals surface area contributed by atoms with Crippen molar-refractivity contribution in [3.05, 3.63) is 30.2 Å². The summed E-state index contributed by atoms with van der Waals surface area (Å²) in [6, 6.07) is 1.68. The Morgan fingerprint density at radius 1 is 1.20 bits per heavy atom. The summed E-state index contributed by atoms with van der Waals surface area (Å²) in [6.45, 7) is 0.499. The van der Waals surface area contributed by atoms with E-state index in [-0.39, 0.29) is 5.95 Å². The van der Waals surface area contributed by atoms with Gasteiger partial charge in [0.15, 0.2) is 5.65 Å². The number of fused-ring (bicyclic) bond motifs is 1. The third kappa shape index (κ3) is 2.20. The highest BCUT2D eigenvalue weighted by Gasteiger charge is 2.07. The maximum atomic E-state index is 5.77. The average molecular weight is 266 g/mol. The van der Waals surface area contributed by atoms with Crippen molar-refractivity contribution >= 4 is 36.5 Å². The Hall–Kier alpha value is -2.84. The van der Waals surface area contributed by atoms with Gasteiger partial charge >= 0.3 is 0 Å². The lowest BCUT2D eigenvalue weighted by molar-refractivity contribution is 0.924. The summed E-state index contributed by atoms with van der Waals surface area (Å²) in [4.78, 5) is 12.0. The maximum absolute atomic E-state index is 5.77. The number of aromatic nitrogens is 5. The highest BCUT2D eigenvalue weighted by atomic mass is 15.3. The predicted molar refractivity (Wildman–Crippen MR) is 76.6 cm³/mol. The van der Waals surface area contributed by atoms with Gasteiger partial charge in [0, 0.05) is 36.8 Å². The van der Waals surface area contributed by atoms with Gasteiger partial charge in [0.2, 0.25) is 5.95 Å². The van der Waals surface area contributed by atoms with E-state index in [0.717, 1.165) is 5.56 Å². The number of anilines is 3. The lowest BCUT2D eigenvalue weighted by Gasteiger charge is -2.09. The SMILES string of the molecule is [B]c1cnn2c(NCc3cnc(N)nc3)cc(N)nc12. The molecule has 0 saturated carbocycles. The Balaban J connectivity index is 1.89. The molecule has 0 atom stereocenters. The molecule has 0 amide bonds. The first-order valence-corrected chi connectivity index (χ1v) is 5.83. The van der Waals surface area contributed by atoms with E-state index in [1.54, 1.807) is 23.0 Å². The molecule has 0 fully saturated rings. The van der Waals surface area contributed by atoms with E-state index in [1.165, 1.54) is 6.20 Å². The van der Waals surface area contributed by atoms with E-state index in [9.17, 15) is 0 Å². The van der Waals surface area contributed by atoms with Gasteiger partial charge in [-0.15, -0.1) is 0 Å². The zero-order valence-electron chi connectivity index (χ0n) is 10.5. The zero-order valence-corrected chi connectivity index (χ0v) is 10.5. The molecule has 0 aliphatic carbocycles. The monoisotopic (exact) mass is 266 g/mol. The first-order chi connectivity index (χ1) is 9.63. The molecule has 0 aliphatic heterocycles. The molecule has 0 aromatic carbocycles. The van der Waals surface area contributed by atoms with E-state index in [2.05, 4.69) is 25.4 Å². The molecule has 0 spiro atoms. The number of nitrogens with zero attached hydrogens (tertiary/aromatic N) is 5. The summed E-state index contributed by atoms with van der Waals surface area (Å²) >= 11 is 0. The Morgan fingerprint density at radius 3 is 2.70 bits per heavy atom. The van der Waals surface area contributed by atoms with Crippen LogP contribution >= 0.6 is 0 Å². The van der Waals surface area contributed by atoms with E-state index >= 15 is 0 Å². The van der Waals surface area contributed by atoms with Crippen LogP contribution in [0.4, 0.5) is 17.6 Å². The van der Waals surface area contributed by atoms with Crippen LogP contribution in [-0.2, 0) is 6.54 Å². The second-order valence-electron chi connectivity index (χ2n) is 4.20. The molecule has 0 bridgehead atoms. The second-order valence-corrected chi connectivity index (χ2v) is 4.20. The normalized spacial score (nSPS) is 10.8. The Morgan fingerprint density at radius 2 is 1.95 bits per heavy atom. The van der Waals surface area contributed by atoms with Crippen molar-refractivity contribution in [2.24, 2.45) is 0 Å². The van der Waals surface area contributed by atoms with Crippen molar-refractivity contribution < 1.29 is 0 Å². The van der Waals surface area contributed by atoms with E-state index in [4.69, 9.17) is 19.3 Å². The van der Waals surface area contributed by atoms with Gasteiger partial charge in [-0.25, -0.2) is 15.0 Å². The first kappa shape index (κ1) is 12.2. The number of nitrogens with two attached hydrogens (primary N) is 2. The number of hydrogen-bond donors (Lipinski definition) is 3. The van der Waals surface area contributed by atoms with Crippen molar-refractivity contribution in [2.75, 3.05) is 16.8 Å². The van der Waals surface area contributed by atoms with Crippen LogP contribution < -0.4 is 22.2 Å². The molecule has 0 aliphatic rings. The third-order valence-corrected chi connectivity index (χ3v) is 2.72. The summed E-state index contributed by atoms with van der Waals surface area (Å²) in [5.41, 5.74) is 13.0. The van der Waals surface area contributed by atoms with Crippen LogP contribution in [-0.4, -0.2) is 32.4 Å². The summed E-state index contributed by atoms with van der Waals surface area (Å²) in [5.74, 6) is 1.28. The zero-order chi connectivity index (χ0) is 14.1. The van der Waals surface area contributed by atoms with Crippen molar-refractivity contribution in [2.45, 2.75) is 6.54 Å². The van der Waals surface area contributed by atoms with Gasteiger partial charge in [0.1, 0.15) is 19.5 Å². The van der Waals surface area contributed by atoms with Crippen molar-refractivity contribution in [3.8, 4) is 0 Å². The van der Waals surface area contributed by atoms with Gasteiger partial charge in [-0.2, -0.15) is 9.61 Å². The van der Waals surface area contributed by atoms with Crippen molar-refractivity contribution in [3.63, 3.8) is 0 Å². The number of hydrogen-bond acceptors (Lipinski definition) is 7. The largest absolute Gasteiger partial charge is 0.384 e. The quantitative estimate of drug-likeness (QED) is 0.525. The summed E-state index contributed by atoms with van der Waals surface area (Å²) in [6.07, 6.45) is 4.82. The molecule has 20 heavy (non-hydrogen) atoms. The fourth-order valence-corrected chi connectivity index (χ4v) is 1.77. The van der Waals surface area contributed by atoms with Crippen LogP contribution in [0.1, 0.15) is 5.56 Å². The summed E-state index contributed by atoms with van der Waals surface area (Å²) in [7, 11) is 5.77. The number of nitrogens with one attached hydrogen (secondary N) is 1. The molecule has 0 saturated heterocycles. The summed E-state index contributed by atoms with van der Waals surface area (Å²) in [5, 5.41) is 7.33. The van der Waals surface area contributed by atoms with E-state index in [1.807, 2.05) is 0 Å². The third-order valence-electron chi connectivity index (χ3n) is 2.72. The van der Waals surface area contributed by atoms with Crippen molar-refractivity contribution in [1.29, 1.82) is 0 Å². The van der Waals surface area contributed by atoms with Crippen LogP contribution in [0.2, 0.25) is 0 Å². The maximum Gasteiger partial charge on any atom is 0.219 e. The van der Waals surface area contributed by atoms with Crippen LogP contribution in [0.25, 0.3) is 5.65 Å². The Bertz CT molecular complexity index is 751. The topological polar surface area (TPSA) is 120 Å². The molecule has 8 nitrogen and oxygen atoms in total. The fraction of sp³-hybridized carbons (Fsp3) is 0.0909. The summed E-state index contributed by atoms with van der Waals surface area (Å²) < 4.78 is 1.59. The van der Waals surface area contributed by atoms with Crippen LogP contribution in [0.3, 0.4) is 0 Å². The van der Waals surface area contributed by atoms with Crippen LogP contribution in [0.15, 0.2) is 24.7 Å². The minimum atomic E-state index is 0.240. The molecular weight excluding hydrogens is 255 g/mol. The van der Waals surface area contributed by atoms with Crippen molar-refractivity contribution in [1.82, 2.24) is 24.6 Å². The lowest BCUT2D eigenvalue weighted by Crippen LogP contribution is -2.10. The Labute approximate surface area is 115 Å². The molecule has 3 aromatic heterocycles. The molecule has 0 unspecified atom stereocenters. The minimum absolute atomic E-state index is 0.240. The van der Waals surface area contributed by atoms with Gasteiger partial charge in [-0.05, 0) is 5.46 Å². The van der Waals surface area contributed by atoms with Gasteiger partial charge < -0.3 is 16.8 Å². The van der Waals surface area contributed by atoms with Crippen LogP contribution in [0, 0.1) is 0 Å². The molecule has 5 N–H and O–H groups in total. The van der Waals surface area contributed by atoms with Gasteiger partial charge in [0.25, 0.3) is 0 Å². The van der Waals surface area contributed by atoms with E-state index in [0.29, 0.717) is 29.3 Å². The highest BCUT2D eigenvalue weighted by Crippen LogP contribution is 2.13. The van der Waals surface area contributed by atoms with Gasteiger partial charge in [-0.1, -0.05) is 0 Å². The predicted octanol–water partition coefficient (Wildman–Crippen LogP) is -0.910. The van der Waals surface area contributed by atoms with Gasteiger partial charge in [0.05, 0.1) is 0 Å². The van der Waals surface area contributed by atoms with E-state index < -0.39 is 0 Å². The number of nitrogen functional groups attached to an aromatic ring is 2. The molecule has 98 valence electrons. The molecule has 3 rings (SSSR count). The lowest BCUT2D eigenvalue weighted by atomic mass is 10.0. The molecule has 3 aromatic rings. The smallest absolute Gasteiger partial charge is 0.219 e. The minimum Gasteiger partial charge on any atom is -0.384 e. The fourth-order valence-electron chi connectivity index (χ4n) is 1.77. The first-order valence-electron chi connectivity index (χ1n) is 5.83. The Kier molecular flexibility index (Phi) is 2.86. The molecular formula is C11H11BN8. The molecule has 3 heterocycles.